The molecule has 1 aromatic rings. The van der Waals surface area contributed by atoms with Crippen LogP contribution in [0.5, 0.6) is 0 Å². The Bertz CT molecular complexity index is 278. The zero-order valence-electron chi connectivity index (χ0n) is 10.1. The van der Waals surface area contributed by atoms with Gasteiger partial charge in [0.05, 0.1) is 12.4 Å². The van der Waals surface area contributed by atoms with Crippen LogP contribution in [0, 0.1) is 0 Å². The first-order valence-electron chi connectivity index (χ1n) is 5.57. The van der Waals surface area contributed by atoms with Crippen LogP contribution < -0.4 is 4.57 Å². The maximum absolute atomic E-state index is 4.28. The van der Waals surface area contributed by atoms with Gasteiger partial charge in [0, 0.05) is 7.05 Å². The van der Waals surface area contributed by atoms with Gasteiger partial charge in [-0.15, -0.1) is 5.10 Å². The lowest BCUT2D eigenvalue weighted by molar-refractivity contribution is 0.921. The van der Waals surface area contributed by atoms with E-state index in [1.54, 1.807) is 12.4 Å². The van der Waals surface area contributed by atoms with Crippen LogP contribution >= 0.6 is 0 Å². The Labute approximate surface area is 92.8 Å². The number of aromatic nitrogens is 3. The molecule has 0 fully saturated rings. The molecule has 4 nitrogen and oxygen atoms in total. The second kappa shape index (κ2) is 5.20. The van der Waals surface area contributed by atoms with Crippen LogP contribution in [-0.2, 0) is 0 Å². The van der Waals surface area contributed by atoms with Gasteiger partial charge in [0.2, 0.25) is 5.95 Å². The maximum Gasteiger partial charge on any atom is 0.237 e. The summed E-state index contributed by atoms with van der Waals surface area (Å²) in [7, 11) is 0.718. The fourth-order valence-electron chi connectivity index (χ4n) is 2.07. The number of rotatable bonds is 5. The van der Waals surface area contributed by atoms with Crippen LogP contribution in [0.2, 0.25) is 18.1 Å². The molecule has 0 aromatic carbocycles. The molecule has 84 valence electrons. The summed E-state index contributed by atoms with van der Waals surface area (Å²) in [6, 6.07) is 3.69. The highest BCUT2D eigenvalue weighted by molar-refractivity contribution is 6.82. The molecule has 1 heterocycles. The minimum atomic E-state index is -1.39. The maximum atomic E-state index is 4.28. The van der Waals surface area contributed by atoms with Gasteiger partial charge >= 0.3 is 0 Å². The lowest BCUT2D eigenvalue weighted by atomic mass is 10.8. The number of hydrogen-bond donors (Lipinski definition) is 0. The van der Waals surface area contributed by atoms with E-state index in [2.05, 4.69) is 47.6 Å². The summed E-state index contributed by atoms with van der Waals surface area (Å²) in [4.78, 5) is 4.28. The molecule has 0 N–H and O–H groups in total. The quantitative estimate of drug-likeness (QED) is 0.720. The van der Waals surface area contributed by atoms with Gasteiger partial charge < -0.3 is 4.57 Å². The topological polar surface area (TPSA) is 41.9 Å². The molecule has 0 saturated heterocycles. The first kappa shape index (κ1) is 12.1. The highest BCUT2D eigenvalue weighted by atomic mass is 28.3. The van der Waals surface area contributed by atoms with E-state index < -0.39 is 8.24 Å². The van der Waals surface area contributed by atoms with E-state index in [1.165, 1.54) is 18.1 Å². The van der Waals surface area contributed by atoms with E-state index in [0.717, 1.165) is 5.95 Å². The van der Waals surface area contributed by atoms with Crippen molar-refractivity contribution < 1.29 is 0 Å². The molecule has 1 rings (SSSR count). The molecule has 1 aromatic heterocycles. The van der Waals surface area contributed by atoms with Crippen LogP contribution in [-0.4, -0.2) is 30.5 Å². The normalized spacial score (nSPS) is 11.5. The Hall–Kier alpha value is -0.973. The molecule has 0 spiro atoms. The summed E-state index contributed by atoms with van der Waals surface area (Å²) in [5.74, 6) is 0.773. The van der Waals surface area contributed by atoms with Crippen molar-refractivity contribution in [2.75, 3.05) is 11.6 Å². The Morgan fingerprint density at radius 2 is 1.73 bits per heavy atom. The van der Waals surface area contributed by atoms with E-state index >= 15 is 0 Å². The largest absolute Gasteiger partial charge is 0.369 e. The van der Waals surface area contributed by atoms with Crippen molar-refractivity contribution in [3.8, 4) is 0 Å². The van der Waals surface area contributed by atoms with Crippen molar-refractivity contribution in [2.24, 2.45) is 0 Å². The first-order valence-corrected chi connectivity index (χ1v) is 8.14. The van der Waals surface area contributed by atoms with Gasteiger partial charge in [-0.3, -0.25) is 0 Å². The van der Waals surface area contributed by atoms with Crippen molar-refractivity contribution in [2.45, 2.75) is 38.9 Å². The summed E-state index contributed by atoms with van der Waals surface area (Å²) < 4.78 is 2.29. The standard InChI is InChI=1S/C10H20N4Si/c1-5-15(6-2,7-3)14(4)10-11-8-9-12-13-10/h8-9H,5-7H2,1-4H3. The van der Waals surface area contributed by atoms with Gasteiger partial charge in [-0.2, -0.15) is 5.10 Å². The van der Waals surface area contributed by atoms with Gasteiger partial charge in [-0.25, -0.2) is 4.98 Å². The van der Waals surface area contributed by atoms with Crippen molar-refractivity contribution in [1.29, 1.82) is 0 Å². The fraction of sp³-hybridized carbons (Fsp3) is 0.700. The second-order valence-electron chi connectivity index (χ2n) is 3.79. The summed E-state index contributed by atoms with van der Waals surface area (Å²) in [6.07, 6.45) is 3.32. The minimum absolute atomic E-state index is 0.773. The third kappa shape index (κ3) is 2.34. The van der Waals surface area contributed by atoms with Crippen LogP contribution in [0.15, 0.2) is 12.4 Å². The highest BCUT2D eigenvalue weighted by Gasteiger charge is 2.33. The van der Waals surface area contributed by atoms with E-state index in [4.69, 9.17) is 0 Å². The van der Waals surface area contributed by atoms with Gasteiger partial charge in [0.25, 0.3) is 0 Å². The van der Waals surface area contributed by atoms with E-state index in [9.17, 15) is 0 Å². The Morgan fingerprint density at radius 3 is 2.13 bits per heavy atom. The molecule has 15 heavy (non-hydrogen) atoms. The number of nitrogens with zero attached hydrogens (tertiary/aromatic N) is 4. The van der Waals surface area contributed by atoms with Crippen LogP contribution in [0.4, 0.5) is 5.95 Å². The average molecular weight is 224 g/mol. The monoisotopic (exact) mass is 224 g/mol. The molecular weight excluding hydrogens is 204 g/mol. The third-order valence-electron chi connectivity index (χ3n) is 3.46. The molecule has 0 aliphatic heterocycles. The Kier molecular flexibility index (Phi) is 4.20. The molecule has 0 aliphatic rings. The number of hydrogen-bond acceptors (Lipinski definition) is 4. The van der Waals surface area contributed by atoms with Gasteiger partial charge in [0.15, 0.2) is 8.24 Å². The van der Waals surface area contributed by atoms with E-state index in [1.807, 2.05) is 0 Å². The van der Waals surface area contributed by atoms with Gasteiger partial charge in [-0.1, -0.05) is 20.8 Å². The molecule has 0 atom stereocenters. The second-order valence-corrected chi connectivity index (χ2v) is 9.03. The predicted molar refractivity (Wildman–Crippen MR) is 65.4 cm³/mol. The first-order chi connectivity index (χ1) is 7.20. The molecule has 0 aliphatic carbocycles. The average Bonchev–Trinajstić information content (AvgIpc) is 2.33. The minimum Gasteiger partial charge on any atom is -0.369 e. The van der Waals surface area contributed by atoms with Crippen molar-refractivity contribution in [1.82, 2.24) is 15.2 Å². The number of anilines is 1. The smallest absolute Gasteiger partial charge is 0.237 e. The van der Waals surface area contributed by atoms with Crippen LogP contribution in [0.25, 0.3) is 0 Å². The summed E-state index contributed by atoms with van der Waals surface area (Å²) in [6.45, 7) is 6.81. The lowest BCUT2D eigenvalue weighted by Crippen LogP contribution is -2.51. The SMILES string of the molecule is CC[Si](CC)(CC)N(C)c1nccnn1. The molecule has 5 heteroatoms. The van der Waals surface area contributed by atoms with Crippen LogP contribution in [0.3, 0.4) is 0 Å². The lowest BCUT2D eigenvalue weighted by Gasteiger charge is -2.37. The Morgan fingerprint density at radius 1 is 1.13 bits per heavy atom. The molecule has 0 saturated carbocycles. The van der Waals surface area contributed by atoms with E-state index in [-0.39, 0.29) is 0 Å². The highest BCUT2D eigenvalue weighted by Crippen LogP contribution is 2.25. The van der Waals surface area contributed by atoms with Crippen LogP contribution in [0.1, 0.15) is 20.8 Å². The molecular formula is C10H20N4Si. The molecule has 0 amide bonds. The van der Waals surface area contributed by atoms with Gasteiger partial charge in [0.1, 0.15) is 0 Å². The van der Waals surface area contributed by atoms with Gasteiger partial charge in [-0.05, 0) is 18.1 Å². The molecule has 0 bridgehead atoms. The van der Waals surface area contributed by atoms with Crippen molar-refractivity contribution in [3.05, 3.63) is 12.4 Å². The predicted octanol–water partition coefficient (Wildman–Crippen LogP) is 2.31. The third-order valence-corrected chi connectivity index (χ3v) is 9.03. The van der Waals surface area contributed by atoms with E-state index in [0.29, 0.717) is 0 Å². The fourth-order valence-corrected chi connectivity index (χ4v) is 5.52. The summed E-state index contributed by atoms with van der Waals surface area (Å²) in [5, 5.41) is 7.98. The zero-order valence-corrected chi connectivity index (χ0v) is 11.1. The van der Waals surface area contributed by atoms with Crippen molar-refractivity contribution in [3.63, 3.8) is 0 Å². The Balaban J connectivity index is 2.95. The summed E-state index contributed by atoms with van der Waals surface area (Å²) in [5.41, 5.74) is 0. The zero-order chi connectivity index (χ0) is 11.3. The molecule has 0 unspecified atom stereocenters. The van der Waals surface area contributed by atoms with Crippen molar-refractivity contribution >= 4 is 14.2 Å². The summed E-state index contributed by atoms with van der Waals surface area (Å²) >= 11 is 0. The molecule has 0 radical (unpaired) electrons.